The molecule has 0 unspecified atom stereocenters. The first-order valence-corrected chi connectivity index (χ1v) is 8.86. The molecule has 0 saturated heterocycles. The molecule has 0 N–H and O–H groups in total. The van der Waals surface area contributed by atoms with Crippen LogP contribution in [0.1, 0.15) is 18.1 Å². The Morgan fingerprint density at radius 3 is 2.75 bits per heavy atom. The van der Waals surface area contributed by atoms with E-state index in [2.05, 4.69) is 20.9 Å². The highest BCUT2D eigenvalue weighted by Gasteiger charge is 2.27. The molecular formula is C18H10BrClN2O6. The Morgan fingerprint density at radius 2 is 2.07 bits per heavy atom. The number of hydrogen-bond acceptors (Lipinski definition) is 7. The van der Waals surface area contributed by atoms with Gasteiger partial charge in [-0.1, -0.05) is 27.5 Å². The Morgan fingerprint density at radius 1 is 1.32 bits per heavy atom. The lowest BCUT2D eigenvalue weighted by Crippen LogP contribution is -2.06. The summed E-state index contributed by atoms with van der Waals surface area (Å²) in [5.74, 6) is -1.23. The maximum Gasteiger partial charge on any atom is 0.363 e. The SMILES string of the molecule is CC(=O)Oc1ccc(Br)cc1/C=C1\N=C(c2cc([N+](=O)[O-])ccc2Cl)OC1=O. The standard InChI is InChI=1S/C18H10BrClN2O6/c1-9(23)27-16-5-2-11(19)6-10(16)7-15-18(24)28-17(21-15)13-8-12(22(25)26)3-4-14(13)20/h2-8H,1H3/b15-7-. The van der Waals surface area contributed by atoms with E-state index in [1.807, 2.05) is 0 Å². The predicted molar refractivity (Wildman–Crippen MR) is 104 cm³/mol. The summed E-state index contributed by atoms with van der Waals surface area (Å²) in [6.45, 7) is 1.25. The van der Waals surface area contributed by atoms with Gasteiger partial charge in [0, 0.05) is 29.1 Å². The fraction of sp³-hybridized carbons (Fsp3) is 0.0556. The second-order valence-corrected chi connectivity index (χ2v) is 6.86. The average molecular weight is 466 g/mol. The minimum Gasteiger partial charge on any atom is -0.426 e. The molecule has 3 rings (SSSR count). The Bertz CT molecular complexity index is 1080. The topological polar surface area (TPSA) is 108 Å². The highest BCUT2D eigenvalue weighted by molar-refractivity contribution is 9.10. The predicted octanol–water partition coefficient (Wildman–Crippen LogP) is 4.28. The number of rotatable bonds is 4. The summed E-state index contributed by atoms with van der Waals surface area (Å²) in [7, 11) is 0. The number of aliphatic imine (C=N–C) groups is 1. The number of nitro groups is 1. The molecule has 10 heteroatoms. The van der Waals surface area contributed by atoms with Crippen molar-refractivity contribution >= 4 is 57.1 Å². The van der Waals surface area contributed by atoms with Crippen molar-refractivity contribution in [3.05, 3.63) is 72.8 Å². The fourth-order valence-electron chi connectivity index (χ4n) is 2.34. The van der Waals surface area contributed by atoms with Gasteiger partial charge >= 0.3 is 11.9 Å². The largest absolute Gasteiger partial charge is 0.426 e. The van der Waals surface area contributed by atoms with Gasteiger partial charge in [0.25, 0.3) is 5.69 Å². The normalized spacial score (nSPS) is 14.6. The van der Waals surface area contributed by atoms with Gasteiger partial charge in [0.2, 0.25) is 5.90 Å². The zero-order valence-electron chi connectivity index (χ0n) is 14.1. The smallest absolute Gasteiger partial charge is 0.363 e. The van der Waals surface area contributed by atoms with Gasteiger partial charge in [0.15, 0.2) is 5.70 Å². The molecule has 1 heterocycles. The molecule has 2 aromatic carbocycles. The van der Waals surface area contributed by atoms with Crippen molar-refractivity contribution in [1.82, 2.24) is 0 Å². The van der Waals surface area contributed by atoms with Crippen molar-refractivity contribution < 1.29 is 24.0 Å². The van der Waals surface area contributed by atoms with E-state index >= 15 is 0 Å². The molecule has 0 atom stereocenters. The number of carbonyl (C=O) groups is 2. The Labute approximate surface area is 171 Å². The Hall–Kier alpha value is -3.04. The van der Waals surface area contributed by atoms with Crippen molar-refractivity contribution in [3.63, 3.8) is 0 Å². The van der Waals surface area contributed by atoms with Crippen LogP contribution in [0.25, 0.3) is 6.08 Å². The third kappa shape index (κ3) is 4.26. The van der Waals surface area contributed by atoms with Gasteiger partial charge in [-0.2, -0.15) is 0 Å². The molecule has 1 aliphatic rings. The highest BCUT2D eigenvalue weighted by Crippen LogP contribution is 2.30. The van der Waals surface area contributed by atoms with Crippen LogP contribution in [0.15, 0.2) is 51.6 Å². The molecular weight excluding hydrogens is 456 g/mol. The molecule has 142 valence electrons. The van der Waals surface area contributed by atoms with Crippen LogP contribution in [0, 0.1) is 10.1 Å². The molecule has 0 aromatic heterocycles. The van der Waals surface area contributed by atoms with Crippen molar-refractivity contribution in [1.29, 1.82) is 0 Å². The van der Waals surface area contributed by atoms with Crippen LogP contribution in [0.4, 0.5) is 5.69 Å². The van der Waals surface area contributed by atoms with Gasteiger partial charge in [0.05, 0.1) is 15.5 Å². The molecule has 0 saturated carbocycles. The minimum atomic E-state index is -0.772. The van der Waals surface area contributed by atoms with Gasteiger partial charge in [-0.25, -0.2) is 9.79 Å². The number of nitro benzene ring substituents is 1. The molecule has 8 nitrogen and oxygen atoms in total. The van der Waals surface area contributed by atoms with Crippen molar-refractivity contribution in [3.8, 4) is 5.75 Å². The van der Waals surface area contributed by atoms with Crippen molar-refractivity contribution in [2.45, 2.75) is 6.92 Å². The molecule has 0 bridgehead atoms. The van der Waals surface area contributed by atoms with Crippen LogP contribution < -0.4 is 4.74 Å². The van der Waals surface area contributed by atoms with Crippen LogP contribution in [0.5, 0.6) is 5.75 Å². The number of halogens is 2. The van der Waals surface area contributed by atoms with E-state index in [9.17, 15) is 19.7 Å². The van der Waals surface area contributed by atoms with Crippen LogP contribution in [0.2, 0.25) is 5.02 Å². The first kappa shape index (κ1) is 19.7. The zero-order valence-corrected chi connectivity index (χ0v) is 16.5. The van der Waals surface area contributed by atoms with E-state index in [0.29, 0.717) is 10.0 Å². The monoisotopic (exact) mass is 464 g/mol. The van der Waals surface area contributed by atoms with E-state index in [1.165, 1.54) is 31.2 Å². The second kappa shape index (κ2) is 7.91. The third-order valence-electron chi connectivity index (χ3n) is 3.53. The van der Waals surface area contributed by atoms with E-state index < -0.39 is 16.9 Å². The maximum atomic E-state index is 12.2. The number of nitrogens with zero attached hydrogens (tertiary/aromatic N) is 2. The first-order valence-electron chi connectivity index (χ1n) is 7.69. The summed E-state index contributed by atoms with van der Waals surface area (Å²) < 4.78 is 10.9. The number of non-ortho nitro benzene ring substituents is 1. The van der Waals surface area contributed by atoms with E-state index in [4.69, 9.17) is 21.1 Å². The minimum absolute atomic E-state index is 0.0796. The Balaban J connectivity index is 2.04. The van der Waals surface area contributed by atoms with E-state index in [-0.39, 0.29) is 33.6 Å². The second-order valence-electron chi connectivity index (χ2n) is 5.53. The number of benzene rings is 2. The maximum absolute atomic E-state index is 12.2. The number of esters is 2. The van der Waals surface area contributed by atoms with Crippen molar-refractivity contribution in [2.75, 3.05) is 0 Å². The number of ether oxygens (including phenoxy) is 2. The highest BCUT2D eigenvalue weighted by atomic mass is 79.9. The lowest BCUT2D eigenvalue weighted by Gasteiger charge is -2.06. The van der Waals surface area contributed by atoms with Crippen LogP contribution >= 0.6 is 27.5 Å². The van der Waals surface area contributed by atoms with Gasteiger partial charge in [0.1, 0.15) is 5.75 Å². The van der Waals surface area contributed by atoms with E-state index in [1.54, 1.807) is 18.2 Å². The summed E-state index contributed by atoms with van der Waals surface area (Å²) in [6, 6.07) is 8.57. The van der Waals surface area contributed by atoms with Crippen LogP contribution in [-0.2, 0) is 14.3 Å². The first-order chi connectivity index (χ1) is 13.2. The Kier molecular flexibility index (Phi) is 5.57. The lowest BCUT2D eigenvalue weighted by molar-refractivity contribution is -0.384. The van der Waals surface area contributed by atoms with Gasteiger partial charge in [-0.05, 0) is 30.3 Å². The molecule has 0 spiro atoms. The van der Waals surface area contributed by atoms with Gasteiger partial charge in [-0.3, -0.25) is 14.9 Å². The lowest BCUT2D eigenvalue weighted by atomic mass is 10.1. The summed E-state index contributed by atoms with van der Waals surface area (Å²) in [6.07, 6.45) is 1.38. The van der Waals surface area contributed by atoms with Crippen LogP contribution in [-0.4, -0.2) is 22.8 Å². The number of cyclic esters (lactones) is 1. The molecule has 0 aliphatic carbocycles. The molecule has 1 aliphatic heterocycles. The average Bonchev–Trinajstić information content (AvgIpc) is 2.97. The summed E-state index contributed by atoms with van der Waals surface area (Å²) in [5.41, 5.74) is 0.220. The van der Waals surface area contributed by atoms with Crippen LogP contribution in [0.3, 0.4) is 0 Å². The van der Waals surface area contributed by atoms with Gasteiger partial charge < -0.3 is 9.47 Å². The summed E-state index contributed by atoms with van der Waals surface area (Å²) in [4.78, 5) is 37.9. The van der Waals surface area contributed by atoms with Crippen molar-refractivity contribution in [2.24, 2.45) is 4.99 Å². The van der Waals surface area contributed by atoms with Gasteiger partial charge in [-0.15, -0.1) is 0 Å². The van der Waals surface area contributed by atoms with E-state index in [0.717, 1.165) is 0 Å². The fourth-order valence-corrected chi connectivity index (χ4v) is 2.92. The molecule has 0 fully saturated rings. The molecule has 0 radical (unpaired) electrons. The molecule has 28 heavy (non-hydrogen) atoms. The number of hydrogen-bond donors (Lipinski definition) is 0. The zero-order chi connectivity index (χ0) is 20.4. The number of carbonyl (C=O) groups excluding carboxylic acids is 2. The quantitative estimate of drug-likeness (QED) is 0.219. The summed E-state index contributed by atoms with van der Waals surface area (Å²) >= 11 is 9.37. The summed E-state index contributed by atoms with van der Waals surface area (Å²) in [5, 5.41) is 11.1. The molecule has 0 amide bonds. The molecule has 2 aromatic rings. The third-order valence-corrected chi connectivity index (χ3v) is 4.35.